The number of benzene rings is 1. The number of fused-ring (bicyclic) bond motifs is 6. The zero-order valence-corrected chi connectivity index (χ0v) is 16.3. The number of nitrogens with zero attached hydrogens (tertiary/aromatic N) is 4. The van der Waals surface area contributed by atoms with Crippen LogP contribution < -0.4 is 4.74 Å². The molecule has 0 bridgehead atoms. The fourth-order valence-corrected chi connectivity index (χ4v) is 4.90. The quantitative estimate of drug-likeness (QED) is 0.489. The Hall–Kier alpha value is -2.55. The maximum absolute atomic E-state index is 5.99. The van der Waals surface area contributed by atoms with Crippen molar-refractivity contribution in [3.63, 3.8) is 0 Å². The molecule has 0 saturated heterocycles. The summed E-state index contributed by atoms with van der Waals surface area (Å²) in [5.74, 6) is 1.32. The summed E-state index contributed by atoms with van der Waals surface area (Å²) < 4.78 is 19.5. The number of aromatic nitrogens is 4. The summed E-state index contributed by atoms with van der Waals surface area (Å²) in [4.78, 5) is 11.6. The van der Waals surface area contributed by atoms with Crippen LogP contribution in [0.2, 0.25) is 0 Å². The highest BCUT2D eigenvalue weighted by Crippen LogP contribution is 2.40. The van der Waals surface area contributed by atoms with Gasteiger partial charge in [-0.25, -0.2) is 14.5 Å². The Kier molecular flexibility index (Phi) is 3.36. The molecule has 0 N–H and O–H groups in total. The Morgan fingerprint density at radius 3 is 3.04 bits per heavy atom. The predicted octanol–water partition coefficient (Wildman–Crippen LogP) is 3.80. The summed E-state index contributed by atoms with van der Waals surface area (Å²) in [7, 11) is 0. The average molecular weight is 394 g/mol. The summed E-state index contributed by atoms with van der Waals surface area (Å²) >= 11 is 1.67. The first kappa shape index (κ1) is 16.4. The fourth-order valence-electron chi connectivity index (χ4n) is 3.84. The molecule has 0 spiro atoms. The van der Waals surface area contributed by atoms with Crippen LogP contribution in [0.5, 0.6) is 5.75 Å². The highest BCUT2D eigenvalue weighted by atomic mass is 32.1. The van der Waals surface area contributed by atoms with E-state index in [0.29, 0.717) is 19.0 Å². The molecule has 2 aliphatic rings. The first-order valence-electron chi connectivity index (χ1n) is 9.23. The van der Waals surface area contributed by atoms with E-state index in [0.717, 1.165) is 33.6 Å². The molecule has 0 radical (unpaired) electrons. The van der Waals surface area contributed by atoms with Gasteiger partial charge in [0.05, 0.1) is 24.2 Å². The van der Waals surface area contributed by atoms with E-state index < -0.39 is 6.29 Å². The normalized spacial score (nSPS) is 20.7. The summed E-state index contributed by atoms with van der Waals surface area (Å²) in [6.07, 6.45) is 1.91. The predicted molar refractivity (Wildman–Crippen MR) is 103 cm³/mol. The largest absolute Gasteiger partial charge is 0.457 e. The number of thiophene rings is 1. The van der Waals surface area contributed by atoms with E-state index in [1.807, 2.05) is 24.3 Å². The third-order valence-electron chi connectivity index (χ3n) is 5.23. The van der Waals surface area contributed by atoms with Gasteiger partial charge in [0.2, 0.25) is 5.82 Å². The first-order chi connectivity index (χ1) is 13.6. The van der Waals surface area contributed by atoms with Crippen LogP contribution in [-0.4, -0.2) is 25.2 Å². The molecule has 1 aromatic carbocycles. The van der Waals surface area contributed by atoms with Crippen LogP contribution >= 0.6 is 11.3 Å². The SMILES string of the molecule is CC1(C)Cc2c(sc3ncn4nc([C@@H]5OCc6ccccc6O5)nc4c23)CO1. The van der Waals surface area contributed by atoms with Gasteiger partial charge < -0.3 is 14.2 Å². The average Bonchev–Trinajstić information content (AvgIpc) is 3.27. The second-order valence-corrected chi connectivity index (χ2v) is 8.84. The number of hydrogen-bond donors (Lipinski definition) is 0. The maximum atomic E-state index is 5.99. The topological polar surface area (TPSA) is 70.8 Å². The van der Waals surface area contributed by atoms with Gasteiger partial charge in [-0.1, -0.05) is 18.2 Å². The van der Waals surface area contributed by atoms with Crippen molar-refractivity contribution in [2.24, 2.45) is 0 Å². The summed E-state index contributed by atoms with van der Waals surface area (Å²) in [5.41, 5.74) is 2.89. The lowest BCUT2D eigenvalue weighted by Crippen LogP contribution is -2.31. The lowest BCUT2D eigenvalue weighted by atomic mass is 9.94. The van der Waals surface area contributed by atoms with Gasteiger partial charge in [-0.2, -0.15) is 0 Å². The van der Waals surface area contributed by atoms with Crippen LogP contribution in [0.15, 0.2) is 30.6 Å². The standard InChI is InChI=1S/C20H18N4O3S/c1-20(2)7-12-14(9-26-20)28-18-15(12)17-22-16(23-24(17)10-21-18)19-25-8-11-5-3-4-6-13(11)27-19/h3-6,10,19H,7-9H2,1-2H3/t19-/m1/s1. The molecule has 0 amide bonds. The van der Waals surface area contributed by atoms with Gasteiger partial charge in [-0.15, -0.1) is 16.4 Å². The van der Waals surface area contributed by atoms with Crippen molar-refractivity contribution in [1.29, 1.82) is 0 Å². The molecule has 0 fully saturated rings. The summed E-state index contributed by atoms with van der Waals surface area (Å²) in [6.45, 7) is 5.32. The summed E-state index contributed by atoms with van der Waals surface area (Å²) in [5, 5.41) is 5.65. The van der Waals surface area contributed by atoms with Crippen molar-refractivity contribution in [2.45, 2.75) is 45.4 Å². The van der Waals surface area contributed by atoms with Gasteiger partial charge in [0.1, 0.15) is 16.9 Å². The van der Waals surface area contributed by atoms with Gasteiger partial charge in [-0.3, -0.25) is 0 Å². The molecule has 1 atom stereocenters. The zero-order chi connectivity index (χ0) is 18.9. The molecule has 3 aromatic heterocycles. The highest BCUT2D eigenvalue weighted by Gasteiger charge is 2.32. The van der Waals surface area contributed by atoms with E-state index in [4.69, 9.17) is 19.2 Å². The number of ether oxygens (including phenoxy) is 3. The van der Waals surface area contributed by atoms with Crippen LogP contribution in [0.25, 0.3) is 15.9 Å². The molecule has 0 aliphatic carbocycles. The molecule has 5 heterocycles. The Bertz CT molecular complexity index is 1230. The number of para-hydroxylation sites is 1. The molecule has 0 unspecified atom stereocenters. The fraction of sp³-hybridized carbons (Fsp3) is 0.350. The van der Waals surface area contributed by atoms with Gasteiger partial charge in [-0.05, 0) is 25.5 Å². The second kappa shape index (κ2) is 5.73. The summed E-state index contributed by atoms with van der Waals surface area (Å²) in [6, 6.07) is 7.87. The van der Waals surface area contributed by atoms with E-state index in [2.05, 4.69) is 23.9 Å². The molecule has 0 saturated carbocycles. The maximum Gasteiger partial charge on any atom is 0.263 e. The minimum absolute atomic E-state index is 0.198. The van der Waals surface area contributed by atoms with E-state index in [1.165, 1.54) is 10.4 Å². The smallest absolute Gasteiger partial charge is 0.263 e. The van der Waals surface area contributed by atoms with Gasteiger partial charge in [0.25, 0.3) is 6.29 Å². The monoisotopic (exact) mass is 394 g/mol. The van der Waals surface area contributed by atoms with Crippen LogP contribution in [0.1, 0.15) is 42.0 Å². The van der Waals surface area contributed by atoms with Crippen molar-refractivity contribution in [3.8, 4) is 5.75 Å². The third kappa shape index (κ3) is 2.45. The molecule has 8 heteroatoms. The van der Waals surface area contributed by atoms with E-state index in [9.17, 15) is 0 Å². The third-order valence-corrected chi connectivity index (χ3v) is 6.35. The zero-order valence-electron chi connectivity index (χ0n) is 15.5. The molecule has 2 aliphatic heterocycles. The molecule has 7 nitrogen and oxygen atoms in total. The number of hydrogen-bond acceptors (Lipinski definition) is 7. The number of rotatable bonds is 1. The van der Waals surface area contributed by atoms with E-state index in [-0.39, 0.29) is 5.60 Å². The Labute approximate surface area is 164 Å². The molecular weight excluding hydrogens is 376 g/mol. The van der Waals surface area contributed by atoms with Crippen molar-refractivity contribution < 1.29 is 14.2 Å². The molecule has 6 rings (SSSR count). The van der Waals surface area contributed by atoms with Crippen LogP contribution in [0.4, 0.5) is 0 Å². The lowest BCUT2D eigenvalue weighted by Gasteiger charge is -2.30. The van der Waals surface area contributed by atoms with Gasteiger partial charge in [0.15, 0.2) is 5.65 Å². The van der Waals surface area contributed by atoms with Gasteiger partial charge >= 0.3 is 0 Å². The highest BCUT2D eigenvalue weighted by molar-refractivity contribution is 7.19. The van der Waals surface area contributed by atoms with E-state index in [1.54, 1.807) is 22.2 Å². The molecule has 28 heavy (non-hydrogen) atoms. The Morgan fingerprint density at radius 1 is 1.21 bits per heavy atom. The van der Waals surface area contributed by atoms with Crippen LogP contribution in [0, 0.1) is 0 Å². The van der Waals surface area contributed by atoms with Gasteiger partial charge in [0, 0.05) is 16.9 Å². The van der Waals surface area contributed by atoms with Crippen LogP contribution in [-0.2, 0) is 29.1 Å². The first-order valence-corrected chi connectivity index (χ1v) is 10.0. The molecule has 4 aromatic rings. The van der Waals surface area contributed by atoms with E-state index >= 15 is 0 Å². The minimum Gasteiger partial charge on any atom is -0.457 e. The van der Waals surface area contributed by atoms with Crippen molar-refractivity contribution in [1.82, 2.24) is 19.6 Å². The second-order valence-electron chi connectivity index (χ2n) is 7.76. The Balaban J connectivity index is 1.47. The lowest BCUT2D eigenvalue weighted by molar-refractivity contribution is -0.116. The minimum atomic E-state index is -0.626. The van der Waals surface area contributed by atoms with Crippen molar-refractivity contribution >= 4 is 27.2 Å². The molecular formula is C20H18N4O3S. The van der Waals surface area contributed by atoms with Crippen molar-refractivity contribution in [3.05, 3.63) is 52.4 Å². The molecule has 142 valence electrons. The van der Waals surface area contributed by atoms with Crippen LogP contribution in [0.3, 0.4) is 0 Å². The Morgan fingerprint density at radius 2 is 2.11 bits per heavy atom. The van der Waals surface area contributed by atoms with Crippen molar-refractivity contribution in [2.75, 3.05) is 0 Å².